The summed E-state index contributed by atoms with van der Waals surface area (Å²) in [5.74, 6) is 0.876. The molecule has 5 heteroatoms. The number of benzene rings is 3. The van der Waals surface area contributed by atoms with E-state index in [1.165, 1.54) is 16.8 Å². The molecule has 2 atom stereocenters. The topological polar surface area (TPSA) is 48.0 Å². The summed E-state index contributed by atoms with van der Waals surface area (Å²) in [5.41, 5.74) is 3.84. The molecule has 0 fully saturated rings. The highest BCUT2D eigenvalue weighted by atomic mass is 16.7. The molecule has 0 aromatic heterocycles. The first-order chi connectivity index (χ1) is 15.2. The Morgan fingerprint density at radius 3 is 2.29 bits per heavy atom. The van der Waals surface area contributed by atoms with Gasteiger partial charge in [-0.05, 0) is 54.8 Å². The SMILES string of the molecule is CCOC(=O)C(Oc1ccccc1)Oc1ccc(C2CCN(C)c3ccccc32)cc1. The van der Waals surface area contributed by atoms with Gasteiger partial charge in [-0.15, -0.1) is 0 Å². The summed E-state index contributed by atoms with van der Waals surface area (Å²) in [5, 5.41) is 0. The summed E-state index contributed by atoms with van der Waals surface area (Å²) in [6.45, 7) is 3.02. The van der Waals surface area contributed by atoms with Crippen molar-refractivity contribution in [2.75, 3.05) is 25.1 Å². The molecule has 0 radical (unpaired) electrons. The van der Waals surface area contributed by atoms with Gasteiger partial charge in [0, 0.05) is 25.2 Å². The van der Waals surface area contributed by atoms with Gasteiger partial charge >= 0.3 is 12.3 Å². The van der Waals surface area contributed by atoms with E-state index in [1.807, 2.05) is 30.3 Å². The van der Waals surface area contributed by atoms with Crippen LogP contribution in [0.25, 0.3) is 0 Å². The molecule has 0 saturated carbocycles. The van der Waals surface area contributed by atoms with Gasteiger partial charge in [0.25, 0.3) is 0 Å². The number of para-hydroxylation sites is 2. The average molecular weight is 418 g/mol. The van der Waals surface area contributed by atoms with Gasteiger partial charge in [-0.1, -0.05) is 48.5 Å². The Balaban J connectivity index is 1.51. The number of nitrogens with zero attached hydrogens (tertiary/aromatic N) is 1. The van der Waals surface area contributed by atoms with Crippen molar-refractivity contribution in [2.24, 2.45) is 0 Å². The van der Waals surface area contributed by atoms with E-state index >= 15 is 0 Å². The molecular formula is C26H27NO4. The van der Waals surface area contributed by atoms with E-state index in [0.29, 0.717) is 17.4 Å². The third-order valence-electron chi connectivity index (χ3n) is 5.47. The van der Waals surface area contributed by atoms with E-state index in [9.17, 15) is 4.79 Å². The Morgan fingerprint density at radius 1 is 0.935 bits per heavy atom. The standard InChI is InChI=1S/C26H27NO4/c1-3-29-25(28)26(30-20-9-5-4-6-10-20)31-21-15-13-19(14-16-21)22-17-18-27(2)24-12-8-7-11-23(22)24/h4-16,22,26H,3,17-18H2,1-2H3. The maximum atomic E-state index is 12.4. The number of fused-ring (bicyclic) bond motifs is 1. The minimum absolute atomic E-state index is 0.255. The predicted octanol–water partition coefficient (Wildman–Crippen LogP) is 5.01. The van der Waals surface area contributed by atoms with Crippen LogP contribution in [-0.4, -0.2) is 32.5 Å². The Bertz CT molecular complexity index is 1000. The van der Waals surface area contributed by atoms with Gasteiger partial charge in [0.1, 0.15) is 11.5 Å². The van der Waals surface area contributed by atoms with Crippen molar-refractivity contribution in [1.82, 2.24) is 0 Å². The summed E-state index contributed by atoms with van der Waals surface area (Å²) in [4.78, 5) is 14.7. The maximum absolute atomic E-state index is 12.4. The summed E-state index contributed by atoms with van der Waals surface area (Å²) in [7, 11) is 2.13. The molecule has 2 unspecified atom stereocenters. The van der Waals surface area contributed by atoms with Crippen LogP contribution in [0.4, 0.5) is 5.69 Å². The van der Waals surface area contributed by atoms with Gasteiger partial charge < -0.3 is 19.1 Å². The van der Waals surface area contributed by atoms with E-state index in [2.05, 4.69) is 48.3 Å². The van der Waals surface area contributed by atoms with E-state index in [-0.39, 0.29) is 6.61 Å². The first-order valence-corrected chi connectivity index (χ1v) is 10.6. The molecule has 0 amide bonds. The van der Waals surface area contributed by atoms with Crippen molar-refractivity contribution < 1.29 is 19.0 Å². The molecule has 0 bridgehead atoms. The molecule has 0 spiro atoms. The lowest BCUT2D eigenvalue weighted by atomic mass is 9.84. The minimum atomic E-state index is -1.17. The summed E-state index contributed by atoms with van der Waals surface area (Å²) in [6, 6.07) is 25.5. The molecule has 1 aliphatic rings. The number of rotatable bonds is 7. The number of ether oxygens (including phenoxy) is 3. The second kappa shape index (κ2) is 9.56. The number of carbonyl (C=O) groups is 1. The van der Waals surface area contributed by atoms with Crippen LogP contribution in [0.3, 0.4) is 0 Å². The minimum Gasteiger partial charge on any atom is -0.460 e. The fourth-order valence-corrected chi connectivity index (χ4v) is 3.93. The number of hydrogen-bond donors (Lipinski definition) is 0. The van der Waals surface area contributed by atoms with Gasteiger partial charge in [0.15, 0.2) is 0 Å². The van der Waals surface area contributed by atoms with Gasteiger partial charge in [-0.25, -0.2) is 4.79 Å². The summed E-state index contributed by atoms with van der Waals surface area (Å²) < 4.78 is 16.7. The Morgan fingerprint density at radius 2 is 1.58 bits per heavy atom. The van der Waals surface area contributed by atoms with Crippen LogP contribution >= 0.6 is 0 Å². The van der Waals surface area contributed by atoms with Crippen molar-refractivity contribution >= 4 is 11.7 Å². The molecule has 31 heavy (non-hydrogen) atoms. The van der Waals surface area contributed by atoms with Crippen molar-refractivity contribution in [1.29, 1.82) is 0 Å². The zero-order valence-corrected chi connectivity index (χ0v) is 17.9. The predicted molar refractivity (Wildman–Crippen MR) is 121 cm³/mol. The van der Waals surface area contributed by atoms with Crippen LogP contribution in [0.1, 0.15) is 30.4 Å². The van der Waals surface area contributed by atoms with Crippen LogP contribution in [-0.2, 0) is 9.53 Å². The van der Waals surface area contributed by atoms with E-state index in [0.717, 1.165) is 13.0 Å². The molecule has 1 aliphatic heterocycles. The molecular weight excluding hydrogens is 390 g/mol. The van der Waals surface area contributed by atoms with Gasteiger partial charge in [-0.2, -0.15) is 0 Å². The fraction of sp³-hybridized carbons (Fsp3) is 0.269. The van der Waals surface area contributed by atoms with Crippen LogP contribution in [0.5, 0.6) is 11.5 Å². The van der Waals surface area contributed by atoms with Crippen LogP contribution in [0.2, 0.25) is 0 Å². The third kappa shape index (κ3) is 4.82. The molecule has 4 rings (SSSR count). The van der Waals surface area contributed by atoms with Crippen LogP contribution < -0.4 is 14.4 Å². The number of esters is 1. The van der Waals surface area contributed by atoms with Gasteiger partial charge in [0.05, 0.1) is 6.61 Å². The van der Waals surface area contributed by atoms with Crippen molar-refractivity contribution in [3.8, 4) is 11.5 Å². The largest absolute Gasteiger partial charge is 0.460 e. The summed E-state index contributed by atoms with van der Waals surface area (Å²) in [6.07, 6.45) is -0.117. The van der Waals surface area contributed by atoms with Crippen molar-refractivity contribution in [3.05, 3.63) is 90.0 Å². The molecule has 160 valence electrons. The normalized spacial score (nSPS) is 16.2. The molecule has 3 aromatic rings. The first-order valence-electron chi connectivity index (χ1n) is 10.6. The Hall–Kier alpha value is -3.47. The monoisotopic (exact) mass is 417 g/mol. The highest BCUT2D eigenvalue weighted by Gasteiger charge is 2.26. The summed E-state index contributed by atoms with van der Waals surface area (Å²) >= 11 is 0. The fourth-order valence-electron chi connectivity index (χ4n) is 3.93. The van der Waals surface area contributed by atoms with E-state index in [1.54, 1.807) is 19.1 Å². The van der Waals surface area contributed by atoms with Crippen LogP contribution in [0, 0.1) is 0 Å². The quantitative estimate of drug-likeness (QED) is 0.400. The number of carbonyl (C=O) groups excluding carboxylic acids is 1. The molecule has 0 saturated heterocycles. The van der Waals surface area contributed by atoms with E-state index < -0.39 is 12.3 Å². The third-order valence-corrected chi connectivity index (χ3v) is 5.47. The lowest BCUT2D eigenvalue weighted by molar-refractivity contribution is -0.165. The van der Waals surface area contributed by atoms with Gasteiger partial charge in [0.2, 0.25) is 0 Å². The smallest absolute Gasteiger partial charge is 0.389 e. The lowest BCUT2D eigenvalue weighted by Gasteiger charge is -2.33. The molecule has 0 N–H and O–H groups in total. The zero-order valence-electron chi connectivity index (χ0n) is 17.9. The molecule has 5 nitrogen and oxygen atoms in total. The second-order valence-electron chi connectivity index (χ2n) is 7.52. The van der Waals surface area contributed by atoms with Crippen molar-refractivity contribution in [2.45, 2.75) is 25.6 Å². The zero-order chi connectivity index (χ0) is 21.6. The maximum Gasteiger partial charge on any atom is 0.389 e. The number of hydrogen-bond acceptors (Lipinski definition) is 5. The highest BCUT2D eigenvalue weighted by molar-refractivity contribution is 5.74. The average Bonchev–Trinajstić information content (AvgIpc) is 2.81. The van der Waals surface area contributed by atoms with Crippen molar-refractivity contribution in [3.63, 3.8) is 0 Å². The van der Waals surface area contributed by atoms with E-state index in [4.69, 9.17) is 14.2 Å². The highest BCUT2D eigenvalue weighted by Crippen LogP contribution is 2.39. The van der Waals surface area contributed by atoms with Crippen LogP contribution in [0.15, 0.2) is 78.9 Å². The number of anilines is 1. The van der Waals surface area contributed by atoms with Gasteiger partial charge in [-0.3, -0.25) is 0 Å². The first kappa shape index (κ1) is 20.8. The second-order valence-corrected chi connectivity index (χ2v) is 7.52. The lowest BCUT2D eigenvalue weighted by Crippen LogP contribution is -2.35. The molecule has 0 aliphatic carbocycles. The molecule has 1 heterocycles. The Labute approximate surface area is 183 Å². The Kier molecular flexibility index (Phi) is 6.41. The molecule has 3 aromatic carbocycles.